The molecule has 1 amide bonds. The van der Waals surface area contributed by atoms with Gasteiger partial charge in [0.15, 0.2) is 0 Å². The van der Waals surface area contributed by atoms with Crippen LogP contribution in [-0.4, -0.2) is 33.0 Å². The number of methoxy groups -OCH3 is 2. The highest BCUT2D eigenvalue weighted by Gasteiger charge is 2.31. The van der Waals surface area contributed by atoms with E-state index in [1.54, 1.807) is 25.3 Å². The van der Waals surface area contributed by atoms with Crippen LogP contribution in [0.4, 0.5) is 13.2 Å². The van der Waals surface area contributed by atoms with Gasteiger partial charge in [-0.15, -0.1) is 13.2 Å². The number of carbonyl (C=O) groups is 1. The van der Waals surface area contributed by atoms with E-state index in [-0.39, 0.29) is 17.9 Å². The Balaban J connectivity index is 1.98. The van der Waals surface area contributed by atoms with Crippen molar-refractivity contribution in [1.29, 1.82) is 0 Å². The number of carbonyl (C=O) groups excluding carboxylic acids is 1. The van der Waals surface area contributed by atoms with Crippen molar-refractivity contribution >= 4 is 5.91 Å². The number of ether oxygens (including phenoxy) is 3. The van der Waals surface area contributed by atoms with Crippen molar-refractivity contribution in [2.75, 3.05) is 20.8 Å². The Morgan fingerprint density at radius 3 is 2.35 bits per heavy atom. The van der Waals surface area contributed by atoms with E-state index < -0.39 is 18.4 Å². The average Bonchev–Trinajstić information content (AvgIpc) is 2.61. The van der Waals surface area contributed by atoms with Crippen LogP contribution >= 0.6 is 0 Å². The van der Waals surface area contributed by atoms with Crippen LogP contribution in [0.5, 0.6) is 11.5 Å². The molecule has 1 atom stereocenters. The first-order chi connectivity index (χ1) is 12.3. The minimum Gasteiger partial charge on any atom is -0.497 e. The molecular formula is C18H18F3NO4. The molecule has 0 heterocycles. The van der Waals surface area contributed by atoms with E-state index >= 15 is 0 Å². The van der Waals surface area contributed by atoms with Crippen LogP contribution in [0.3, 0.4) is 0 Å². The third-order valence-corrected chi connectivity index (χ3v) is 3.55. The molecule has 0 unspecified atom stereocenters. The van der Waals surface area contributed by atoms with E-state index in [4.69, 9.17) is 9.47 Å². The maximum absolute atomic E-state index is 12.2. The standard InChI is InChI=1S/C18H18F3NO4/c1-24-15-5-3-4-13(10-15)16(25-2)11-22-17(23)12-6-8-14(9-7-12)26-18(19,20)21/h3-10,16H,11H2,1-2H3,(H,22,23)/t16-/m1/s1. The minimum absolute atomic E-state index is 0.184. The predicted molar refractivity (Wildman–Crippen MR) is 88.2 cm³/mol. The van der Waals surface area contributed by atoms with E-state index in [2.05, 4.69) is 10.1 Å². The molecule has 0 aliphatic heterocycles. The second-order valence-electron chi connectivity index (χ2n) is 5.28. The summed E-state index contributed by atoms with van der Waals surface area (Å²) in [6, 6.07) is 11.9. The number of benzene rings is 2. The van der Waals surface area contributed by atoms with E-state index in [1.165, 1.54) is 19.2 Å². The Morgan fingerprint density at radius 2 is 1.77 bits per heavy atom. The van der Waals surface area contributed by atoms with E-state index in [9.17, 15) is 18.0 Å². The molecule has 5 nitrogen and oxygen atoms in total. The number of nitrogens with one attached hydrogen (secondary N) is 1. The van der Waals surface area contributed by atoms with Crippen molar-refractivity contribution in [2.24, 2.45) is 0 Å². The van der Waals surface area contributed by atoms with Crippen molar-refractivity contribution < 1.29 is 32.2 Å². The van der Waals surface area contributed by atoms with Crippen LogP contribution in [0.1, 0.15) is 22.0 Å². The van der Waals surface area contributed by atoms with Gasteiger partial charge >= 0.3 is 6.36 Å². The van der Waals surface area contributed by atoms with Crippen molar-refractivity contribution in [2.45, 2.75) is 12.5 Å². The minimum atomic E-state index is -4.77. The molecular weight excluding hydrogens is 351 g/mol. The van der Waals surface area contributed by atoms with Gasteiger partial charge < -0.3 is 19.5 Å². The zero-order chi connectivity index (χ0) is 19.2. The van der Waals surface area contributed by atoms with Gasteiger partial charge in [-0.05, 0) is 42.0 Å². The first-order valence-corrected chi connectivity index (χ1v) is 7.63. The Hall–Kier alpha value is -2.74. The smallest absolute Gasteiger partial charge is 0.497 e. The molecule has 2 aromatic rings. The van der Waals surface area contributed by atoms with E-state index in [1.807, 2.05) is 6.07 Å². The lowest BCUT2D eigenvalue weighted by Crippen LogP contribution is -2.29. The number of hydrogen-bond acceptors (Lipinski definition) is 4. The Bertz CT molecular complexity index is 732. The summed E-state index contributed by atoms with van der Waals surface area (Å²) in [5.74, 6) is -0.162. The zero-order valence-corrected chi connectivity index (χ0v) is 14.2. The molecule has 26 heavy (non-hydrogen) atoms. The summed E-state index contributed by atoms with van der Waals surface area (Å²) in [4.78, 5) is 12.2. The van der Waals surface area contributed by atoms with Gasteiger partial charge in [-0.2, -0.15) is 0 Å². The lowest BCUT2D eigenvalue weighted by molar-refractivity contribution is -0.274. The monoisotopic (exact) mass is 369 g/mol. The molecule has 140 valence electrons. The number of rotatable bonds is 7. The molecule has 0 spiro atoms. The number of hydrogen-bond donors (Lipinski definition) is 1. The molecule has 0 bridgehead atoms. The first-order valence-electron chi connectivity index (χ1n) is 7.63. The largest absolute Gasteiger partial charge is 0.573 e. The summed E-state index contributed by atoms with van der Waals surface area (Å²) in [7, 11) is 3.06. The predicted octanol–water partition coefficient (Wildman–Crippen LogP) is 3.71. The number of alkyl halides is 3. The lowest BCUT2D eigenvalue weighted by Gasteiger charge is -2.17. The molecule has 0 aliphatic carbocycles. The quantitative estimate of drug-likeness (QED) is 0.808. The summed E-state index contributed by atoms with van der Waals surface area (Å²) in [6.45, 7) is 0.184. The van der Waals surface area contributed by atoms with Gasteiger partial charge in [0, 0.05) is 19.2 Å². The molecule has 0 aliphatic rings. The normalized spacial score (nSPS) is 12.3. The molecule has 0 saturated heterocycles. The van der Waals surface area contributed by atoms with Crippen LogP contribution in [0, 0.1) is 0 Å². The van der Waals surface area contributed by atoms with E-state index in [0.717, 1.165) is 17.7 Å². The molecule has 0 aromatic heterocycles. The SMILES string of the molecule is COc1cccc([C@@H](CNC(=O)c2ccc(OC(F)(F)F)cc2)OC)c1. The molecule has 1 N–H and O–H groups in total. The lowest BCUT2D eigenvalue weighted by atomic mass is 10.1. The van der Waals surface area contributed by atoms with Crippen LogP contribution in [0.2, 0.25) is 0 Å². The second kappa shape index (κ2) is 8.57. The Labute approximate surface area is 148 Å². The molecule has 0 saturated carbocycles. The summed E-state index contributed by atoms with van der Waals surface area (Å²) in [6.07, 6.45) is -5.17. The van der Waals surface area contributed by atoms with Crippen LogP contribution in [0.15, 0.2) is 48.5 Å². The van der Waals surface area contributed by atoms with Gasteiger partial charge in [0.05, 0.1) is 13.2 Å². The zero-order valence-electron chi connectivity index (χ0n) is 14.2. The van der Waals surface area contributed by atoms with Gasteiger partial charge in [-0.1, -0.05) is 12.1 Å². The van der Waals surface area contributed by atoms with Crippen molar-refractivity contribution in [1.82, 2.24) is 5.32 Å². The highest BCUT2D eigenvalue weighted by atomic mass is 19.4. The second-order valence-corrected chi connectivity index (χ2v) is 5.28. The van der Waals surface area contributed by atoms with Crippen molar-refractivity contribution in [3.05, 3.63) is 59.7 Å². The average molecular weight is 369 g/mol. The summed E-state index contributed by atoms with van der Waals surface area (Å²) in [5.41, 5.74) is 1.03. The molecule has 2 aromatic carbocycles. The highest BCUT2D eigenvalue weighted by Crippen LogP contribution is 2.23. The first kappa shape index (κ1) is 19.6. The maximum Gasteiger partial charge on any atom is 0.573 e. The summed E-state index contributed by atoms with van der Waals surface area (Å²) in [5, 5.41) is 2.69. The van der Waals surface area contributed by atoms with Crippen molar-refractivity contribution in [3.63, 3.8) is 0 Å². The summed E-state index contributed by atoms with van der Waals surface area (Å²) >= 11 is 0. The summed E-state index contributed by atoms with van der Waals surface area (Å²) < 4.78 is 50.7. The number of halogens is 3. The molecule has 0 radical (unpaired) electrons. The van der Waals surface area contributed by atoms with Crippen LogP contribution in [0.25, 0.3) is 0 Å². The van der Waals surface area contributed by atoms with Gasteiger partial charge in [0.2, 0.25) is 0 Å². The van der Waals surface area contributed by atoms with Gasteiger partial charge in [-0.25, -0.2) is 0 Å². The van der Waals surface area contributed by atoms with Crippen molar-refractivity contribution in [3.8, 4) is 11.5 Å². The molecule has 2 rings (SSSR count). The van der Waals surface area contributed by atoms with Gasteiger partial charge in [0.25, 0.3) is 5.91 Å². The fourth-order valence-corrected chi connectivity index (χ4v) is 2.27. The fraction of sp³-hybridized carbons (Fsp3) is 0.278. The van der Waals surface area contributed by atoms with E-state index in [0.29, 0.717) is 5.75 Å². The highest BCUT2D eigenvalue weighted by molar-refractivity contribution is 5.94. The fourth-order valence-electron chi connectivity index (χ4n) is 2.27. The van der Waals surface area contributed by atoms with Crippen LogP contribution in [-0.2, 0) is 4.74 Å². The third-order valence-electron chi connectivity index (χ3n) is 3.55. The van der Waals surface area contributed by atoms with Gasteiger partial charge in [-0.3, -0.25) is 4.79 Å². The topological polar surface area (TPSA) is 56.8 Å². The Kier molecular flexibility index (Phi) is 6.46. The Morgan fingerprint density at radius 1 is 1.08 bits per heavy atom. The molecule has 8 heteroatoms. The van der Waals surface area contributed by atoms with Gasteiger partial charge in [0.1, 0.15) is 11.5 Å². The maximum atomic E-state index is 12.2. The third kappa shape index (κ3) is 5.66. The van der Waals surface area contributed by atoms with Crippen LogP contribution < -0.4 is 14.8 Å². The number of amides is 1. The molecule has 0 fully saturated rings.